The van der Waals surface area contributed by atoms with Crippen molar-refractivity contribution in [1.82, 2.24) is 5.16 Å². The predicted molar refractivity (Wildman–Crippen MR) is 65.1 cm³/mol. The number of hydrogen-bond donors (Lipinski definition) is 2. The van der Waals surface area contributed by atoms with Crippen molar-refractivity contribution in [2.45, 2.75) is 6.92 Å². The van der Waals surface area contributed by atoms with E-state index in [1.165, 1.54) is 6.20 Å². The van der Waals surface area contributed by atoms with Gasteiger partial charge in [0.05, 0.1) is 16.9 Å². The molecular formula is C11H10ClN3O2. The number of anilines is 2. The molecule has 0 saturated carbocycles. The third-order valence-corrected chi connectivity index (χ3v) is 2.55. The molecule has 3 N–H and O–H groups in total. The maximum atomic E-state index is 11.8. The van der Waals surface area contributed by atoms with Crippen LogP contribution in [0.2, 0.25) is 5.02 Å². The van der Waals surface area contributed by atoms with E-state index in [4.69, 9.17) is 21.9 Å². The summed E-state index contributed by atoms with van der Waals surface area (Å²) in [5, 5.41) is 6.57. The molecule has 1 heterocycles. The zero-order valence-electron chi connectivity index (χ0n) is 9.03. The van der Waals surface area contributed by atoms with Gasteiger partial charge in [-0.05, 0) is 25.1 Å². The maximum absolute atomic E-state index is 11.8. The molecule has 0 saturated heterocycles. The van der Waals surface area contributed by atoms with Crippen LogP contribution in [0.5, 0.6) is 0 Å². The van der Waals surface area contributed by atoms with Crippen LogP contribution >= 0.6 is 11.6 Å². The summed E-state index contributed by atoms with van der Waals surface area (Å²) in [6.45, 7) is 1.66. The predicted octanol–water partition coefficient (Wildman–Crippen LogP) is 2.47. The average molecular weight is 252 g/mol. The van der Waals surface area contributed by atoms with Gasteiger partial charge in [-0.25, -0.2) is 0 Å². The van der Waals surface area contributed by atoms with Gasteiger partial charge in [-0.1, -0.05) is 16.8 Å². The Balaban J connectivity index is 2.22. The molecule has 0 aliphatic rings. The van der Waals surface area contributed by atoms with Crippen molar-refractivity contribution in [1.29, 1.82) is 0 Å². The lowest BCUT2D eigenvalue weighted by Crippen LogP contribution is -2.12. The second kappa shape index (κ2) is 4.47. The van der Waals surface area contributed by atoms with Crippen LogP contribution < -0.4 is 11.1 Å². The van der Waals surface area contributed by atoms with Crippen LogP contribution in [-0.2, 0) is 0 Å². The Morgan fingerprint density at radius 1 is 1.53 bits per heavy atom. The van der Waals surface area contributed by atoms with Gasteiger partial charge in [0.2, 0.25) is 0 Å². The summed E-state index contributed by atoms with van der Waals surface area (Å²) in [6, 6.07) is 4.86. The SMILES string of the molecule is Cc1oncc1C(=O)Nc1ccc(N)cc1Cl. The van der Waals surface area contributed by atoms with Crippen molar-refractivity contribution >= 4 is 28.9 Å². The van der Waals surface area contributed by atoms with Crippen LogP contribution in [0.3, 0.4) is 0 Å². The second-order valence-corrected chi connectivity index (χ2v) is 3.90. The molecule has 5 nitrogen and oxygen atoms in total. The van der Waals surface area contributed by atoms with E-state index in [9.17, 15) is 4.79 Å². The first-order chi connectivity index (χ1) is 8.08. The van der Waals surface area contributed by atoms with E-state index in [0.717, 1.165) is 0 Å². The van der Waals surface area contributed by atoms with Crippen LogP contribution in [0.25, 0.3) is 0 Å². The lowest BCUT2D eigenvalue weighted by molar-refractivity contribution is 0.102. The van der Waals surface area contributed by atoms with Crippen molar-refractivity contribution < 1.29 is 9.32 Å². The molecule has 0 aliphatic heterocycles. The van der Waals surface area contributed by atoms with E-state index in [1.54, 1.807) is 25.1 Å². The molecular weight excluding hydrogens is 242 g/mol. The average Bonchev–Trinajstić information content (AvgIpc) is 2.68. The number of benzene rings is 1. The highest BCUT2D eigenvalue weighted by atomic mass is 35.5. The van der Waals surface area contributed by atoms with Gasteiger partial charge in [-0.2, -0.15) is 0 Å². The molecule has 0 aliphatic carbocycles. The number of hydrogen-bond acceptors (Lipinski definition) is 4. The lowest BCUT2D eigenvalue weighted by atomic mass is 10.2. The molecule has 2 aromatic rings. The largest absolute Gasteiger partial charge is 0.399 e. The van der Waals surface area contributed by atoms with Crippen LogP contribution in [0.1, 0.15) is 16.1 Å². The fourth-order valence-electron chi connectivity index (χ4n) is 1.34. The molecule has 0 spiro atoms. The smallest absolute Gasteiger partial charge is 0.260 e. The number of nitrogens with one attached hydrogen (secondary N) is 1. The molecule has 0 atom stereocenters. The first kappa shape index (κ1) is 11.5. The molecule has 0 radical (unpaired) electrons. The number of nitrogen functional groups attached to an aromatic ring is 1. The van der Waals surface area contributed by atoms with Crippen molar-refractivity contribution in [2.75, 3.05) is 11.1 Å². The van der Waals surface area contributed by atoms with Gasteiger partial charge in [0, 0.05) is 5.69 Å². The maximum Gasteiger partial charge on any atom is 0.260 e. The van der Waals surface area contributed by atoms with Crippen molar-refractivity contribution in [2.24, 2.45) is 0 Å². The van der Waals surface area contributed by atoms with E-state index < -0.39 is 0 Å². The molecule has 1 aromatic carbocycles. The molecule has 1 amide bonds. The minimum Gasteiger partial charge on any atom is -0.399 e. The third kappa shape index (κ3) is 2.39. The minimum absolute atomic E-state index is 0.324. The summed E-state index contributed by atoms with van der Waals surface area (Å²) in [5.41, 5.74) is 6.96. The summed E-state index contributed by atoms with van der Waals surface area (Å²) in [5.74, 6) is 0.129. The van der Waals surface area contributed by atoms with Gasteiger partial charge in [-0.15, -0.1) is 0 Å². The molecule has 88 valence electrons. The Morgan fingerprint density at radius 3 is 2.88 bits per heavy atom. The summed E-state index contributed by atoms with van der Waals surface area (Å²) in [7, 11) is 0. The van der Waals surface area contributed by atoms with Gasteiger partial charge in [0.15, 0.2) is 0 Å². The van der Waals surface area contributed by atoms with Crippen LogP contribution in [0.15, 0.2) is 28.9 Å². The minimum atomic E-state index is -0.324. The quantitative estimate of drug-likeness (QED) is 0.804. The zero-order chi connectivity index (χ0) is 12.4. The highest BCUT2D eigenvalue weighted by molar-refractivity contribution is 6.34. The van der Waals surface area contributed by atoms with Crippen LogP contribution in [-0.4, -0.2) is 11.1 Å². The highest BCUT2D eigenvalue weighted by Crippen LogP contribution is 2.24. The summed E-state index contributed by atoms with van der Waals surface area (Å²) < 4.78 is 4.81. The fourth-order valence-corrected chi connectivity index (χ4v) is 1.58. The highest BCUT2D eigenvalue weighted by Gasteiger charge is 2.14. The number of halogens is 1. The normalized spacial score (nSPS) is 10.2. The molecule has 0 fully saturated rings. The standard InChI is InChI=1S/C11H10ClN3O2/c1-6-8(5-14-17-6)11(16)15-10-3-2-7(13)4-9(10)12/h2-5H,13H2,1H3,(H,15,16). The van der Waals surface area contributed by atoms with Gasteiger partial charge in [-0.3, -0.25) is 4.79 Å². The first-order valence-electron chi connectivity index (χ1n) is 4.85. The van der Waals surface area contributed by atoms with Crippen molar-refractivity contribution in [3.05, 3.63) is 40.7 Å². The zero-order valence-corrected chi connectivity index (χ0v) is 9.78. The number of aromatic nitrogens is 1. The molecule has 2 rings (SSSR count). The number of carbonyl (C=O) groups is 1. The van der Waals surface area contributed by atoms with E-state index in [-0.39, 0.29) is 5.91 Å². The van der Waals surface area contributed by atoms with E-state index in [2.05, 4.69) is 10.5 Å². The van der Waals surface area contributed by atoms with Crippen LogP contribution in [0.4, 0.5) is 11.4 Å². The van der Waals surface area contributed by atoms with Gasteiger partial charge in [0.1, 0.15) is 11.3 Å². The number of aryl methyl sites for hydroxylation is 1. The summed E-state index contributed by atoms with van der Waals surface area (Å²) in [4.78, 5) is 11.8. The number of nitrogens with zero attached hydrogens (tertiary/aromatic N) is 1. The van der Waals surface area contributed by atoms with Gasteiger partial charge < -0.3 is 15.6 Å². The molecule has 6 heteroatoms. The van der Waals surface area contributed by atoms with Crippen molar-refractivity contribution in [3.63, 3.8) is 0 Å². The third-order valence-electron chi connectivity index (χ3n) is 2.24. The van der Waals surface area contributed by atoms with E-state index >= 15 is 0 Å². The molecule has 1 aromatic heterocycles. The molecule has 17 heavy (non-hydrogen) atoms. The molecule has 0 unspecified atom stereocenters. The number of amides is 1. The van der Waals surface area contributed by atoms with Gasteiger partial charge in [0.25, 0.3) is 5.91 Å². The molecule has 0 bridgehead atoms. The summed E-state index contributed by atoms with van der Waals surface area (Å²) >= 11 is 5.94. The summed E-state index contributed by atoms with van der Waals surface area (Å²) in [6.07, 6.45) is 1.36. The Hall–Kier alpha value is -2.01. The first-order valence-corrected chi connectivity index (χ1v) is 5.23. The van der Waals surface area contributed by atoms with Gasteiger partial charge >= 0.3 is 0 Å². The Bertz CT molecular complexity index is 566. The second-order valence-electron chi connectivity index (χ2n) is 3.49. The Morgan fingerprint density at radius 2 is 2.29 bits per heavy atom. The topological polar surface area (TPSA) is 81.2 Å². The number of carbonyl (C=O) groups excluding carboxylic acids is 1. The van der Waals surface area contributed by atoms with Crippen molar-refractivity contribution in [3.8, 4) is 0 Å². The Kier molecular flexibility index (Phi) is 3.01. The fraction of sp³-hybridized carbons (Fsp3) is 0.0909. The number of nitrogens with two attached hydrogens (primary N) is 1. The van der Waals surface area contributed by atoms with Crippen LogP contribution in [0, 0.1) is 6.92 Å². The Labute approximate surface area is 103 Å². The van der Waals surface area contributed by atoms with E-state index in [0.29, 0.717) is 27.7 Å². The van der Waals surface area contributed by atoms with E-state index in [1.807, 2.05) is 0 Å². The number of rotatable bonds is 2. The monoisotopic (exact) mass is 251 g/mol. The lowest BCUT2D eigenvalue weighted by Gasteiger charge is -2.06.